The van der Waals surface area contributed by atoms with Crippen LogP contribution in [0.2, 0.25) is 5.02 Å². The monoisotopic (exact) mass is 382 g/mol. The number of carbonyl (C=O) groups excluding carboxylic acids is 2. The fraction of sp³-hybridized carbons (Fsp3) is 0.375. The Morgan fingerprint density at radius 3 is 2.76 bits per heavy atom. The van der Waals surface area contributed by atoms with Gasteiger partial charge in [-0.2, -0.15) is 0 Å². The lowest BCUT2D eigenvalue weighted by molar-refractivity contribution is -0.119. The minimum atomic E-state index is -0.607. The lowest BCUT2D eigenvalue weighted by Crippen LogP contribution is -2.41. The van der Waals surface area contributed by atoms with Gasteiger partial charge in [-0.25, -0.2) is 9.78 Å². The Morgan fingerprint density at radius 2 is 2.12 bits per heavy atom. The molecule has 9 heteroatoms. The summed E-state index contributed by atoms with van der Waals surface area (Å²) < 4.78 is 1.55. The van der Waals surface area contributed by atoms with Crippen molar-refractivity contribution >= 4 is 46.2 Å². The summed E-state index contributed by atoms with van der Waals surface area (Å²) in [6.07, 6.45) is 0.743. The van der Waals surface area contributed by atoms with Gasteiger partial charge in [0.05, 0.1) is 16.2 Å². The highest BCUT2D eigenvalue weighted by Gasteiger charge is 2.20. The third-order valence-electron chi connectivity index (χ3n) is 3.44. The van der Waals surface area contributed by atoms with E-state index in [2.05, 4.69) is 15.6 Å². The molecule has 0 bridgehead atoms. The second kappa shape index (κ2) is 8.35. The van der Waals surface area contributed by atoms with Crippen molar-refractivity contribution in [3.63, 3.8) is 0 Å². The Morgan fingerprint density at radius 1 is 1.40 bits per heavy atom. The summed E-state index contributed by atoms with van der Waals surface area (Å²) in [7, 11) is 1.42. The smallest absolute Gasteiger partial charge is 0.321 e. The van der Waals surface area contributed by atoms with Crippen LogP contribution >= 0.6 is 23.4 Å². The molecule has 25 heavy (non-hydrogen) atoms. The Bertz CT molecular complexity index is 868. The number of hydrogen-bond acceptors (Lipinski definition) is 5. The van der Waals surface area contributed by atoms with Crippen LogP contribution in [0.25, 0.3) is 10.9 Å². The number of carbonyl (C=O) groups is 2. The summed E-state index contributed by atoms with van der Waals surface area (Å²) in [5, 5.41) is 5.30. The number of nitrogens with one attached hydrogen (secondary N) is 2. The van der Waals surface area contributed by atoms with Crippen molar-refractivity contribution in [3.8, 4) is 0 Å². The molecule has 7 nitrogen and oxygen atoms in total. The van der Waals surface area contributed by atoms with Gasteiger partial charge in [0.2, 0.25) is 5.91 Å². The van der Waals surface area contributed by atoms with Gasteiger partial charge in [-0.15, -0.1) is 0 Å². The molecule has 2 N–H and O–H groups in total. The number of imide groups is 1. The van der Waals surface area contributed by atoms with E-state index in [1.165, 1.54) is 7.05 Å². The van der Waals surface area contributed by atoms with E-state index in [1.807, 2.05) is 6.92 Å². The number of amides is 3. The summed E-state index contributed by atoms with van der Waals surface area (Å²) in [6, 6.07) is 4.33. The molecule has 2 rings (SSSR count). The first-order chi connectivity index (χ1) is 11.9. The third kappa shape index (κ3) is 4.52. The van der Waals surface area contributed by atoms with E-state index in [1.54, 1.807) is 29.7 Å². The number of urea groups is 1. The highest BCUT2D eigenvalue weighted by Crippen LogP contribution is 2.24. The summed E-state index contributed by atoms with van der Waals surface area (Å²) in [5.41, 5.74) is 0.302. The van der Waals surface area contributed by atoms with Crippen molar-refractivity contribution in [2.75, 3.05) is 7.05 Å². The molecule has 0 aliphatic rings. The van der Waals surface area contributed by atoms with Gasteiger partial charge in [0.15, 0.2) is 5.16 Å². The average Bonchev–Trinajstić information content (AvgIpc) is 2.57. The van der Waals surface area contributed by atoms with E-state index < -0.39 is 17.2 Å². The number of hydrogen-bond donors (Lipinski definition) is 2. The van der Waals surface area contributed by atoms with Crippen molar-refractivity contribution in [2.24, 2.45) is 0 Å². The van der Waals surface area contributed by atoms with E-state index >= 15 is 0 Å². The standard InChI is InChI=1S/C16H19ClN4O3S/c1-4-7-21-14(23)11-6-5-10(17)8-12(11)19-16(21)25-9(2)13(22)20-15(24)18-3/h5-6,8-9H,4,7H2,1-3H3,(H2,18,20,22,24). The van der Waals surface area contributed by atoms with E-state index in [0.29, 0.717) is 27.6 Å². The molecule has 1 aromatic heterocycles. The highest BCUT2D eigenvalue weighted by atomic mass is 35.5. The van der Waals surface area contributed by atoms with Crippen LogP contribution in [-0.2, 0) is 11.3 Å². The number of benzene rings is 1. The summed E-state index contributed by atoms with van der Waals surface area (Å²) in [5.74, 6) is -0.465. The van der Waals surface area contributed by atoms with Gasteiger partial charge in [-0.05, 0) is 31.5 Å². The Hall–Kier alpha value is -2.06. The molecular weight excluding hydrogens is 364 g/mol. The SMILES string of the molecule is CCCn1c(SC(C)C(=O)NC(=O)NC)nc2cc(Cl)ccc2c1=O. The van der Waals surface area contributed by atoms with Crippen LogP contribution in [0.5, 0.6) is 0 Å². The van der Waals surface area contributed by atoms with Crippen molar-refractivity contribution < 1.29 is 9.59 Å². The summed E-state index contributed by atoms with van der Waals surface area (Å²) >= 11 is 7.11. The molecule has 0 saturated heterocycles. The van der Waals surface area contributed by atoms with Crippen LogP contribution in [0.1, 0.15) is 20.3 Å². The molecule has 3 amide bonds. The lowest BCUT2D eigenvalue weighted by Gasteiger charge is -2.15. The molecule has 1 heterocycles. The van der Waals surface area contributed by atoms with E-state index in [4.69, 9.17) is 11.6 Å². The average molecular weight is 383 g/mol. The first-order valence-corrected chi connectivity index (χ1v) is 9.02. The van der Waals surface area contributed by atoms with Crippen LogP contribution in [0.4, 0.5) is 4.79 Å². The lowest BCUT2D eigenvalue weighted by atomic mass is 10.2. The first-order valence-electron chi connectivity index (χ1n) is 7.76. The minimum absolute atomic E-state index is 0.176. The maximum absolute atomic E-state index is 12.7. The number of rotatable bonds is 5. The Balaban J connectivity index is 2.41. The van der Waals surface area contributed by atoms with Crippen molar-refractivity contribution in [1.82, 2.24) is 20.2 Å². The molecule has 1 atom stereocenters. The first kappa shape index (κ1) is 19.3. The number of aromatic nitrogens is 2. The maximum Gasteiger partial charge on any atom is 0.321 e. The number of thioether (sulfide) groups is 1. The number of fused-ring (bicyclic) bond motifs is 1. The van der Waals surface area contributed by atoms with Crippen molar-refractivity contribution in [1.29, 1.82) is 0 Å². The Kier molecular flexibility index (Phi) is 6.44. The van der Waals surface area contributed by atoms with Gasteiger partial charge < -0.3 is 5.32 Å². The Labute approximate surface area is 154 Å². The van der Waals surface area contributed by atoms with Crippen molar-refractivity contribution in [3.05, 3.63) is 33.6 Å². The van der Waals surface area contributed by atoms with Crippen molar-refractivity contribution in [2.45, 2.75) is 37.2 Å². The molecule has 134 valence electrons. The van der Waals surface area contributed by atoms with E-state index in [0.717, 1.165) is 18.2 Å². The molecule has 2 aromatic rings. The second-order valence-corrected chi connectivity index (χ2v) is 7.09. The maximum atomic E-state index is 12.7. The quantitative estimate of drug-likeness (QED) is 0.611. The summed E-state index contributed by atoms with van der Waals surface area (Å²) in [4.78, 5) is 40.6. The van der Waals surface area contributed by atoms with E-state index in [-0.39, 0.29) is 5.56 Å². The molecular formula is C16H19ClN4O3S. The molecule has 0 saturated carbocycles. The zero-order valence-electron chi connectivity index (χ0n) is 14.1. The molecule has 1 unspecified atom stereocenters. The van der Waals surface area contributed by atoms with Gasteiger partial charge in [0, 0.05) is 18.6 Å². The minimum Gasteiger partial charge on any atom is -0.341 e. The largest absolute Gasteiger partial charge is 0.341 e. The van der Waals surface area contributed by atoms with E-state index in [9.17, 15) is 14.4 Å². The summed E-state index contributed by atoms with van der Waals surface area (Å²) in [6.45, 7) is 4.08. The second-order valence-electron chi connectivity index (χ2n) is 5.34. The molecule has 0 radical (unpaired) electrons. The zero-order valence-corrected chi connectivity index (χ0v) is 15.7. The number of nitrogens with zero attached hydrogens (tertiary/aromatic N) is 2. The molecule has 0 fully saturated rings. The zero-order chi connectivity index (χ0) is 18.6. The predicted octanol–water partition coefficient (Wildman–Crippen LogP) is 2.40. The van der Waals surface area contributed by atoms with Crippen LogP contribution in [0.15, 0.2) is 28.2 Å². The van der Waals surface area contributed by atoms with Crippen LogP contribution < -0.4 is 16.2 Å². The van der Waals surface area contributed by atoms with Crippen LogP contribution in [0, 0.1) is 0 Å². The third-order valence-corrected chi connectivity index (χ3v) is 4.77. The normalized spacial score (nSPS) is 12.0. The molecule has 1 aromatic carbocycles. The fourth-order valence-electron chi connectivity index (χ4n) is 2.17. The van der Waals surface area contributed by atoms with Gasteiger partial charge in [0.1, 0.15) is 0 Å². The van der Waals surface area contributed by atoms with Gasteiger partial charge >= 0.3 is 6.03 Å². The number of halogens is 1. The van der Waals surface area contributed by atoms with Gasteiger partial charge in [0.25, 0.3) is 5.56 Å². The molecule has 0 aliphatic heterocycles. The van der Waals surface area contributed by atoms with Crippen LogP contribution in [-0.4, -0.2) is 33.8 Å². The van der Waals surface area contributed by atoms with Crippen LogP contribution in [0.3, 0.4) is 0 Å². The molecule has 0 aliphatic carbocycles. The fourth-order valence-corrected chi connectivity index (χ4v) is 3.27. The van der Waals surface area contributed by atoms with Gasteiger partial charge in [-0.1, -0.05) is 30.3 Å². The highest BCUT2D eigenvalue weighted by molar-refractivity contribution is 8.00. The topological polar surface area (TPSA) is 93.1 Å². The molecule has 0 spiro atoms. The van der Waals surface area contributed by atoms with Gasteiger partial charge in [-0.3, -0.25) is 19.5 Å². The predicted molar refractivity (Wildman–Crippen MR) is 99.2 cm³/mol.